The van der Waals surface area contributed by atoms with Gasteiger partial charge in [0.15, 0.2) is 0 Å². The molecule has 140 valence electrons. The number of nitrogens with zero attached hydrogens (tertiary/aromatic N) is 4. The van der Waals surface area contributed by atoms with Crippen LogP contribution in [0, 0.1) is 6.92 Å². The van der Waals surface area contributed by atoms with E-state index in [1.807, 2.05) is 41.5 Å². The molecule has 4 heterocycles. The number of piperazine rings is 1. The fourth-order valence-corrected chi connectivity index (χ4v) is 3.92. The molecule has 0 atom stereocenters. The van der Waals surface area contributed by atoms with E-state index in [1.165, 1.54) is 0 Å². The van der Waals surface area contributed by atoms with Gasteiger partial charge in [-0.1, -0.05) is 23.7 Å². The largest absolute Gasteiger partial charge is 0.440 e. The first-order valence-corrected chi connectivity index (χ1v) is 10.0. The van der Waals surface area contributed by atoms with Gasteiger partial charge >= 0.3 is 0 Å². The van der Waals surface area contributed by atoms with Gasteiger partial charge in [0.25, 0.3) is 0 Å². The lowest BCUT2D eigenvalue weighted by atomic mass is 10.2. The van der Waals surface area contributed by atoms with Crippen LogP contribution in [0.4, 0.5) is 5.82 Å². The van der Waals surface area contributed by atoms with E-state index in [-0.39, 0.29) is 12.3 Å². The Bertz CT molecular complexity index is 933. The summed E-state index contributed by atoms with van der Waals surface area (Å²) in [5.41, 5.74) is 0.710. The number of amides is 1. The molecule has 1 aliphatic heterocycles. The maximum atomic E-state index is 12.7. The number of hydrogen-bond acceptors (Lipinski definition) is 6. The van der Waals surface area contributed by atoms with E-state index in [1.54, 1.807) is 17.4 Å². The second-order valence-corrected chi connectivity index (χ2v) is 7.70. The Kier molecular flexibility index (Phi) is 5.13. The monoisotopic (exact) mass is 402 g/mol. The van der Waals surface area contributed by atoms with Crippen molar-refractivity contribution in [3.05, 3.63) is 52.3 Å². The Labute approximate surface area is 166 Å². The third-order valence-electron chi connectivity index (χ3n) is 4.60. The summed E-state index contributed by atoms with van der Waals surface area (Å²) in [7, 11) is 0. The zero-order valence-corrected chi connectivity index (χ0v) is 16.5. The van der Waals surface area contributed by atoms with Crippen LogP contribution in [-0.2, 0) is 11.2 Å². The molecule has 0 N–H and O–H groups in total. The maximum absolute atomic E-state index is 12.7. The SMILES string of the molecule is Cc1oc(-c2cccs2)nc1CC(=O)N1CCN(c2cccc(Cl)n2)CC1. The fourth-order valence-electron chi connectivity index (χ4n) is 3.11. The zero-order valence-electron chi connectivity index (χ0n) is 14.9. The summed E-state index contributed by atoms with van der Waals surface area (Å²) in [5.74, 6) is 2.21. The average molecular weight is 403 g/mol. The quantitative estimate of drug-likeness (QED) is 0.623. The molecule has 0 spiro atoms. The molecule has 0 unspecified atom stereocenters. The van der Waals surface area contributed by atoms with Crippen molar-refractivity contribution in [2.24, 2.45) is 0 Å². The zero-order chi connectivity index (χ0) is 18.8. The third-order valence-corrected chi connectivity index (χ3v) is 5.67. The Morgan fingerprint density at radius 1 is 1.19 bits per heavy atom. The minimum atomic E-state index is 0.0721. The second kappa shape index (κ2) is 7.70. The van der Waals surface area contributed by atoms with Gasteiger partial charge in [-0.2, -0.15) is 0 Å². The summed E-state index contributed by atoms with van der Waals surface area (Å²) in [6.07, 6.45) is 0.260. The van der Waals surface area contributed by atoms with Crippen molar-refractivity contribution in [1.82, 2.24) is 14.9 Å². The minimum absolute atomic E-state index is 0.0721. The number of rotatable bonds is 4. The molecule has 3 aromatic heterocycles. The number of hydrogen-bond donors (Lipinski definition) is 0. The van der Waals surface area contributed by atoms with E-state index >= 15 is 0 Å². The van der Waals surface area contributed by atoms with E-state index in [0.717, 1.165) is 23.8 Å². The summed E-state index contributed by atoms with van der Waals surface area (Å²) in [4.78, 5) is 26.6. The fraction of sp³-hybridized carbons (Fsp3) is 0.316. The standard InChI is InChI=1S/C19H19ClN4O2S/c1-13-14(21-19(26-13)15-4-3-11-27-15)12-18(25)24-9-7-23(8-10-24)17-6-2-5-16(20)22-17/h2-6,11H,7-10,12H2,1H3. The summed E-state index contributed by atoms with van der Waals surface area (Å²) in [6, 6.07) is 9.51. The lowest BCUT2D eigenvalue weighted by Crippen LogP contribution is -2.49. The van der Waals surface area contributed by atoms with Crippen LogP contribution in [0.25, 0.3) is 10.8 Å². The number of halogens is 1. The highest BCUT2D eigenvalue weighted by Gasteiger charge is 2.24. The molecular weight excluding hydrogens is 384 g/mol. The first-order chi connectivity index (χ1) is 13.1. The third kappa shape index (κ3) is 3.99. The average Bonchev–Trinajstić information content (AvgIpc) is 3.32. The maximum Gasteiger partial charge on any atom is 0.236 e. The van der Waals surface area contributed by atoms with Crippen LogP contribution in [0.1, 0.15) is 11.5 Å². The van der Waals surface area contributed by atoms with Gasteiger partial charge in [-0.25, -0.2) is 9.97 Å². The van der Waals surface area contributed by atoms with Crippen molar-refractivity contribution >= 4 is 34.7 Å². The Balaban J connectivity index is 1.37. The molecule has 0 aliphatic carbocycles. The summed E-state index contributed by atoms with van der Waals surface area (Å²) >= 11 is 7.54. The molecule has 0 bridgehead atoms. The molecule has 1 aliphatic rings. The predicted octanol–water partition coefficient (Wildman–Crippen LogP) is 3.65. The van der Waals surface area contributed by atoms with Crippen molar-refractivity contribution in [2.75, 3.05) is 31.1 Å². The van der Waals surface area contributed by atoms with Gasteiger partial charge in [0.05, 0.1) is 17.0 Å². The lowest BCUT2D eigenvalue weighted by Gasteiger charge is -2.35. The van der Waals surface area contributed by atoms with Crippen LogP contribution < -0.4 is 4.90 Å². The van der Waals surface area contributed by atoms with E-state index in [2.05, 4.69) is 14.9 Å². The molecule has 0 aromatic carbocycles. The molecule has 3 aromatic rings. The first kappa shape index (κ1) is 18.0. The molecule has 0 saturated carbocycles. The number of aromatic nitrogens is 2. The number of carbonyl (C=O) groups excluding carboxylic acids is 1. The van der Waals surface area contributed by atoms with Gasteiger partial charge in [0, 0.05) is 26.2 Å². The van der Waals surface area contributed by atoms with Crippen LogP contribution in [0.3, 0.4) is 0 Å². The van der Waals surface area contributed by atoms with Gasteiger partial charge in [0.2, 0.25) is 11.8 Å². The highest BCUT2D eigenvalue weighted by atomic mass is 35.5. The Hall–Kier alpha value is -2.38. The smallest absolute Gasteiger partial charge is 0.236 e. The van der Waals surface area contributed by atoms with E-state index in [4.69, 9.17) is 16.0 Å². The number of anilines is 1. The normalized spacial score (nSPS) is 14.6. The van der Waals surface area contributed by atoms with Gasteiger partial charge in [-0.15, -0.1) is 11.3 Å². The molecule has 27 heavy (non-hydrogen) atoms. The Morgan fingerprint density at radius 3 is 2.70 bits per heavy atom. The number of thiophene rings is 1. The van der Waals surface area contributed by atoms with Gasteiger partial charge < -0.3 is 14.2 Å². The molecule has 1 amide bonds. The molecular formula is C19H19ClN4O2S. The van der Waals surface area contributed by atoms with Crippen LogP contribution >= 0.6 is 22.9 Å². The van der Waals surface area contributed by atoms with Gasteiger partial charge in [0.1, 0.15) is 16.7 Å². The van der Waals surface area contributed by atoms with Crippen LogP contribution in [-0.4, -0.2) is 47.0 Å². The Morgan fingerprint density at radius 2 is 2.00 bits per heavy atom. The second-order valence-electron chi connectivity index (χ2n) is 6.36. The van der Waals surface area contributed by atoms with E-state index in [0.29, 0.717) is 35.6 Å². The summed E-state index contributed by atoms with van der Waals surface area (Å²) < 4.78 is 5.73. The van der Waals surface area contributed by atoms with Crippen molar-refractivity contribution in [3.63, 3.8) is 0 Å². The topological polar surface area (TPSA) is 62.5 Å². The first-order valence-electron chi connectivity index (χ1n) is 8.75. The molecule has 6 nitrogen and oxygen atoms in total. The highest BCUT2D eigenvalue weighted by molar-refractivity contribution is 7.13. The van der Waals surface area contributed by atoms with Crippen LogP contribution in [0.5, 0.6) is 0 Å². The highest BCUT2D eigenvalue weighted by Crippen LogP contribution is 2.26. The molecule has 8 heteroatoms. The van der Waals surface area contributed by atoms with Crippen molar-refractivity contribution in [3.8, 4) is 10.8 Å². The van der Waals surface area contributed by atoms with Crippen molar-refractivity contribution in [1.29, 1.82) is 0 Å². The lowest BCUT2D eigenvalue weighted by molar-refractivity contribution is -0.130. The number of oxazole rings is 1. The summed E-state index contributed by atoms with van der Waals surface area (Å²) in [6.45, 7) is 4.63. The van der Waals surface area contributed by atoms with Crippen LogP contribution in [0.15, 0.2) is 40.1 Å². The number of carbonyl (C=O) groups is 1. The molecule has 0 radical (unpaired) electrons. The van der Waals surface area contributed by atoms with Crippen molar-refractivity contribution in [2.45, 2.75) is 13.3 Å². The molecule has 1 fully saturated rings. The number of pyridine rings is 1. The van der Waals surface area contributed by atoms with E-state index < -0.39 is 0 Å². The molecule has 4 rings (SSSR count). The van der Waals surface area contributed by atoms with Crippen molar-refractivity contribution < 1.29 is 9.21 Å². The summed E-state index contributed by atoms with van der Waals surface area (Å²) in [5, 5.41) is 2.46. The molecule has 1 saturated heterocycles. The van der Waals surface area contributed by atoms with Gasteiger partial charge in [-0.05, 0) is 30.5 Å². The predicted molar refractivity (Wildman–Crippen MR) is 106 cm³/mol. The minimum Gasteiger partial charge on any atom is -0.440 e. The van der Waals surface area contributed by atoms with Gasteiger partial charge in [-0.3, -0.25) is 4.79 Å². The van der Waals surface area contributed by atoms with E-state index in [9.17, 15) is 4.79 Å². The number of aryl methyl sites for hydroxylation is 1. The van der Waals surface area contributed by atoms with Crippen LogP contribution in [0.2, 0.25) is 5.15 Å².